The van der Waals surface area contributed by atoms with E-state index in [4.69, 9.17) is 5.84 Å². The van der Waals surface area contributed by atoms with Crippen molar-refractivity contribution in [2.75, 3.05) is 10.7 Å². The molecule has 2 heterocycles. The summed E-state index contributed by atoms with van der Waals surface area (Å²) in [6, 6.07) is 0. The molecule has 0 spiro atoms. The number of nitrogens with two attached hydrogens (primary N) is 1. The van der Waals surface area contributed by atoms with E-state index in [1.54, 1.807) is 0 Å². The van der Waals surface area contributed by atoms with Crippen LogP contribution in [0.25, 0.3) is 0 Å². The van der Waals surface area contributed by atoms with Gasteiger partial charge in [0.2, 0.25) is 5.13 Å². The van der Waals surface area contributed by atoms with Crippen LogP contribution >= 0.6 is 11.3 Å². The summed E-state index contributed by atoms with van der Waals surface area (Å²) in [4.78, 5) is 19.4. The van der Waals surface area contributed by atoms with Crippen molar-refractivity contribution in [1.29, 1.82) is 0 Å². The van der Waals surface area contributed by atoms with Crippen molar-refractivity contribution in [3.63, 3.8) is 0 Å². The van der Waals surface area contributed by atoms with Crippen LogP contribution in [0.1, 0.15) is 10.5 Å². The second-order valence-electron chi connectivity index (χ2n) is 2.63. The Balaban J connectivity index is 2.14. The maximum absolute atomic E-state index is 11.6. The maximum atomic E-state index is 11.6. The van der Waals surface area contributed by atoms with Gasteiger partial charge in [0.25, 0.3) is 5.91 Å². The molecule has 0 aliphatic carbocycles. The molecule has 0 atom stereocenters. The molecule has 0 fully saturated rings. The summed E-state index contributed by atoms with van der Waals surface area (Å²) in [6.45, 7) is 0. The lowest BCUT2D eigenvalue weighted by molar-refractivity contribution is 0.102. The Morgan fingerprint density at radius 3 is 3.00 bits per heavy atom. The van der Waals surface area contributed by atoms with E-state index in [-0.39, 0.29) is 5.69 Å². The Morgan fingerprint density at radius 1 is 1.44 bits per heavy atom. The molecule has 8 nitrogen and oxygen atoms in total. The van der Waals surface area contributed by atoms with Gasteiger partial charge in [0, 0.05) is 0 Å². The third kappa shape index (κ3) is 2.27. The smallest absolute Gasteiger partial charge is 0.277 e. The number of aromatic nitrogens is 4. The first-order valence-electron chi connectivity index (χ1n) is 4.16. The Hall–Kier alpha value is -2.13. The number of nitrogens with zero attached hydrogens (tertiary/aromatic N) is 4. The molecular weight excluding hydrogens is 230 g/mol. The zero-order valence-electron chi connectivity index (χ0n) is 7.91. The van der Waals surface area contributed by atoms with Gasteiger partial charge in [-0.2, -0.15) is 0 Å². The van der Waals surface area contributed by atoms with Crippen LogP contribution in [-0.4, -0.2) is 26.1 Å². The summed E-state index contributed by atoms with van der Waals surface area (Å²) in [6.07, 6.45) is 2.74. The molecule has 0 saturated carbocycles. The lowest BCUT2D eigenvalue weighted by Gasteiger charge is -2.02. The lowest BCUT2D eigenvalue weighted by Crippen LogP contribution is -2.16. The van der Waals surface area contributed by atoms with Gasteiger partial charge in [0.15, 0.2) is 5.82 Å². The molecule has 2 aromatic rings. The fourth-order valence-electron chi connectivity index (χ4n) is 0.934. The molecule has 1 amide bonds. The van der Waals surface area contributed by atoms with Gasteiger partial charge in [-0.3, -0.25) is 15.1 Å². The molecule has 0 aliphatic heterocycles. The predicted molar refractivity (Wildman–Crippen MR) is 57.7 cm³/mol. The van der Waals surface area contributed by atoms with Gasteiger partial charge in [-0.15, -0.1) is 10.2 Å². The molecule has 0 aromatic carbocycles. The minimum atomic E-state index is -0.415. The molecule has 4 N–H and O–H groups in total. The monoisotopic (exact) mass is 237 g/mol. The van der Waals surface area contributed by atoms with Crippen molar-refractivity contribution in [1.82, 2.24) is 20.2 Å². The maximum Gasteiger partial charge on any atom is 0.277 e. The molecule has 0 bridgehead atoms. The van der Waals surface area contributed by atoms with Gasteiger partial charge in [-0.25, -0.2) is 10.8 Å². The first kappa shape index (κ1) is 10.4. The Bertz CT molecular complexity index is 485. The molecule has 16 heavy (non-hydrogen) atoms. The first-order chi connectivity index (χ1) is 7.79. The lowest BCUT2D eigenvalue weighted by atomic mass is 10.4. The van der Waals surface area contributed by atoms with Crippen molar-refractivity contribution in [2.45, 2.75) is 0 Å². The van der Waals surface area contributed by atoms with E-state index in [1.807, 2.05) is 0 Å². The third-order valence-electron chi connectivity index (χ3n) is 1.60. The summed E-state index contributed by atoms with van der Waals surface area (Å²) in [5.74, 6) is 5.05. The summed E-state index contributed by atoms with van der Waals surface area (Å²) in [5, 5.41) is 10.2. The predicted octanol–water partition coefficient (Wildman–Crippen LogP) is -0.134. The van der Waals surface area contributed by atoms with Crippen LogP contribution in [0.4, 0.5) is 10.9 Å². The number of hydrazine groups is 1. The fraction of sp³-hybridized carbons (Fsp3) is 0. The first-order valence-corrected chi connectivity index (χ1v) is 5.04. The van der Waals surface area contributed by atoms with Crippen LogP contribution in [0.15, 0.2) is 17.9 Å². The van der Waals surface area contributed by atoms with Crippen LogP contribution < -0.4 is 16.6 Å². The van der Waals surface area contributed by atoms with Crippen LogP contribution in [0.2, 0.25) is 0 Å². The van der Waals surface area contributed by atoms with Gasteiger partial charge < -0.3 is 5.43 Å². The number of carbonyl (C=O) groups excluding carboxylic acids is 1. The quantitative estimate of drug-likeness (QED) is 0.502. The molecule has 0 unspecified atom stereocenters. The van der Waals surface area contributed by atoms with Crippen LogP contribution in [0.5, 0.6) is 0 Å². The molecular formula is C7H7N7OS. The Labute approximate surface area is 93.9 Å². The highest BCUT2D eigenvalue weighted by molar-refractivity contribution is 7.13. The van der Waals surface area contributed by atoms with Crippen LogP contribution in [-0.2, 0) is 0 Å². The number of nitrogen functional groups attached to an aromatic ring is 1. The number of nitrogens with one attached hydrogen (secondary N) is 2. The molecule has 2 rings (SSSR count). The summed E-state index contributed by atoms with van der Waals surface area (Å²) < 4.78 is 0. The van der Waals surface area contributed by atoms with Crippen molar-refractivity contribution in [3.8, 4) is 0 Å². The van der Waals surface area contributed by atoms with Crippen molar-refractivity contribution in [3.05, 3.63) is 23.6 Å². The van der Waals surface area contributed by atoms with E-state index in [1.165, 1.54) is 29.2 Å². The molecule has 0 aliphatic rings. The van der Waals surface area contributed by atoms with E-state index in [0.717, 1.165) is 0 Å². The minimum absolute atomic E-state index is 0.144. The zero-order chi connectivity index (χ0) is 11.4. The van der Waals surface area contributed by atoms with Gasteiger partial charge in [-0.05, 0) is 0 Å². The molecule has 82 valence electrons. The standard InChI is InChI=1S/C7H7N7OS/c8-13-5-2-9-1-4(11-5)6(15)12-7-14-10-3-16-7/h1-3H,8H2,(H,11,13)(H,12,14,15). The highest BCUT2D eigenvalue weighted by atomic mass is 32.1. The summed E-state index contributed by atoms with van der Waals surface area (Å²) in [5.41, 5.74) is 3.96. The average Bonchev–Trinajstić information content (AvgIpc) is 2.82. The molecule has 2 aromatic heterocycles. The van der Waals surface area contributed by atoms with Gasteiger partial charge in [0.05, 0.1) is 12.4 Å². The Morgan fingerprint density at radius 2 is 2.31 bits per heavy atom. The fourth-order valence-corrected chi connectivity index (χ4v) is 1.37. The van der Waals surface area contributed by atoms with Crippen molar-refractivity contribution >= 4 is 28.2 Å². The van der Waals surface area contributed by atoms with Gasteiger partial charge in [-0.1, -0.05) is 11.3 Å². The second-order valence-corrected chi connectivity index (χ2v) is 3.47. The number of hydrogen-bond acceptors (Lipinski definition) is 8. The van der Waals surface area contributed by atoms with E-state index in [2.05, 4.69) is 30.9 Å². The van der Waals surface area contributed by atoms with Crippen LogP contribution in [0, 0.1) is 0 Å². The van der Waals surface area contributed by atoms with Crippen molar-refractivity contribution < 1.29 is 4.79 Å². The topological polar surface area (TPSA) is 119 Å². The number of carbonyl (C=O) groups is 1. The van der Waals surface area contributed by atoms with E-state index < -0.39 is 5.91 Å². The average molecular weight is 237 g/mol. The Kier molecular flexibility index (Phi) is 2.98. The number of anilines is 2. The highest BCUT2D eigenvalue weighted by Crippen LogP contribution is 2.09. The minimum Gasteiger partial charge on any atom is -0.307 e. The number of rotatable bonds is 3. The molecule has 0 saturated heterocycles. The largest absolute Gasteiger partial charge is 0.307 e. The van der Waals surface area contributed by atoms with E-state index >= 15 is 0 Å². The summed E-state index contributed by atoms with van der Waals surface area (Å²) >= 11 is 1.21. The number of hydrogen-bond donors (Lipinski definition) is 3. The second kappa shape index (κ2) is 4.59. The zero-order valence-corrected chi connectivity index (χ0v) is 8.73. The van der Waals surface area contributed by atoms with Gasteiger partial charge in [0.1, 0.15) is 11.2 Å². The summed E-state index contributed by atoms with van der Waals surface area (Å²) in [7, 11) is 0. The third-order valence-corrected chi connectivity index (χ3v) is 2.20. The normalized spacial score (nSPS) is 9.81. The molecule has 9 heteroatoms. The van der Waals surface area contributed by atoms with Gasteiger partial charge >= 0.3 is 0 Å². The van der Waals surface area contributed by atoms with E-state index in [0.29, 0.717) is 10.9 Å². The molecule has 0 radical (unpaired) electrons. The van der Waals surface area contributed by atoms with E-state index in [9.17, 15) is 4.79 Å². The van der Waals surface area contributed by atoms with Crippen LogP contribution in [0.3, 0.4) is 0 Å². The SMILES string of the molecule is NNc1cncc(C(=O)Nc2nncs2)n1. The number of amides is 1. The van der Waals surface area contributed by atoms with Crippen molar-refractivity contribution in [2.24, 2.45) is 5.84 Å². The highest BCUT2D eigenvalue weighted by Gasteiger charge is 2.10.